The lowest BCUT2D eigenvalue weighted by Gasteiger charge is -2.17. The van der Waals surface area contributed by atoms with Crippen molar-refractivity contribution in [2.45, 2.75) is 32.7 Å². The Labute approximate surface area is 123 Å². The highest BCUT2D eigenvalue weighted by atomic mass is 16.7. The van der Waals surface area contributed by atoms with Gasteiger partial charge in [-0.2, -0.15) is 0 Å². The monoisotopic (exact) mass is 293 g/mol. The van der Waals surface area contributed by atoms with Crippen molar-refractivity contribution in [1.82, 2.24) is 5.32 Å². The molecule has 0 fully saturated rings. The molecule has 0 saturated carbocycles. The first-order valence-electron chi connectivity index (χ1n) is 6.88. The fourth-order valence-corrected chi connectivity index (χ4v) is 2.02. The summed E-state index contributed by atoms with van der Waals surface area (Å²) < 4.78 is 10.5. The first kappa shape index (κ1) is 15.2. The number of carbonyl (C=O) groups is 2. The molecule has 0 aliphatic carbocycles. The molecule has 0 bridgehead atoms. The zero-order valence-electron chi connectivity index (χ0n) is 12.1. The summed E-state index contributed by atoms with van der Waals surface area (Å²) in [6.07, 6.45) is 0.868. The van der Waals surface area contributed by atoms with Crippen molar-refractivity contribution < 1.29 is 24.2 Å². The second-order valence-corrected chi connectivity index (χ2v) is 5.17. The Morgan fingerprint density at radius 2 is 2.00 bits per heavy atom. The van der Waals surface area contributed by atoms with Crippen LogP contribution in [0.1, 0.15) is 25.8 Å². The number of aliphatic carboxylic acids is 1. The van der Waals surface area contributed by atoms with Gasteiger partial charge in [-0.15, -0.1) is 0 Å². The molecule has 114 valence electrons. The van der Waals surface area contributed by atoms with Crippen LogP contribution >= 0.6 is 0 Å². The number of fused-ring (bicyclic) bond motifs is 1. The van der Waals surface area contributed by atoms with Gasteiger partial charge < -0.3 is 19.9 Å². The summed E-state index contributed by atoms with van der Waals surface area (Å²) in [6.45, 7) is 3.49. The predicted octanol–water partition coefficient (Wildman–Crippen LogP) is 1.57. The van der Waals surface area contributed by atoms with E-state index in [1.54, 1.807) is 13.8 Å². The van der Waals surface area contributed by atoms with Crippen molar-refractivity contribution in [3.05, 3.63) is 23.8 Å². The van der Waals surface area contributed by atoms with E-state index in [-0.39, 0.29) is 12.7 Å². The minimum Gasteiger partial charge on any atom is -0.481 e. The second-order valence-electron chi connectivity index (χ2n) is 5.17. The fraction of sp³-hybridized carbons (Fsp3) is 0.467. The molecule has 6 nitrogen and oxygen atoms in total. The third-order valence-electron chi connectivity index (χ3n) is 3.61. The molecule has 6 heteroatoms. The zero-order valence-corrected chi connectivity index (χ0v) is 12.1. The van der Waals surface area contributed by atoms with Gasteiger partial charge in [0.1, 0.15) is 0 Å². The minimum absolute atomic E-state index is 0.159. The van der Waals surface area contributed by atoms with Gasteiger partial charge in [0.2, 0.25) is 12.7 Å². The Kier molecular flexibility index (Phi) is 4.67. The van der Waals surface area contributed by atoms with Gasteiger partial charge in [0, 0.05) is 12.5 Å². The smallest absolute Gasteiger partial charge is 0.308 e. The van der Waals surface area contributed by atoms with E-state index in [1.807, 2.05) is 18.2 Å². The van der Waals surface area contributed by atoms with E-state index in [9.17, 15) is 9.59 Å². The van der Waals surface area contributed by atoms with E-state index in [1.165, 1.54) is 0 Å². The molecule has 0 saturated heterocycles. The molecule has 2 unspecified atom stereocenters. The molecule has 21 heavy (non-hydrogen) atoms. The Balaban J connectivity index is 1.83. The zero-order chi connectivity index (χ0) is 15.4. The van der Waals surface area contributed by atoms with Crippen LogP contribution < -0.4 is 14.8 Å². The van der Waals surface area contributed by atoms with E-state index in [0.29, 0.717) is 24.3 Å². The summed E-state index contributed by atoms with van der Waals surface area (Å²) in [5.74, 6) is -0.279. The number of aryl methyl sites for hydroxylation is 1. The topological polar surface area (TPSA) is 84.9 Å². The van der Waals surface area contributed by atoms with Crippen LogP contribution in [0.15, 0.2) is 18.2 Å². The van der Waals surface area contributed by atoms with Crippen LogP contribution in [0, 0.1) is 5.92 Å². The highest BCUT2D eigenvalue weighted by molar-refractivity contribution is 5.78. The van der Waals surface area contributed by atoms with Crippen LogP contribution in [0.5, 0.6) is 11.5 Å². The number of ether oxygens (including phenoxy) is 2. The number of hydrogen-bond acceptors (Lipinski definition) is 4. The van der Waals surface area contributed by atoms with E-state index in [0.717, 1.165) is 5.56 Å². The molecular weight excluding hydrogens is 274 g/mol. The van der Waals surface area contributed by atoms with Gasteiger partial charge in [-0.1, -0.05) is 6.07 Å². The molecule has 1 aromatic rings. The van der Waals surface area contributed by atoms with Gasteiger partial charge in [-0.3, -0.25) is 9.59 Å². The third-order valence-corrected chi connectivity index (χ3v) is 3.61. The van der Waals surface area contributed by atoms with Crippen molar-refractivity contribution in [2.24, 2.45) is 5.92 Å². The lowest BCUT2D eigenvalue weighted by molar-refractivity contribution is -0.142. The van der Waals surface area contributed by atoms with Crippen molar-refractivity contribution >= 4 is 11.9 Å². The molecule has 2 atom stereocenters. The van der Waals surface area contributed by atoms with Crippen LogP contribution in [-0.4, -0.2) is 29.8 Å². The van der Waals surface area contributed by atoms with E-state index in [2.05, 4.69) is 5.32 Å². The quantitative estimate of drug-likeness (QED) is 0.831. The Bertz CT molecular complexity index is 543. The standard InChI is InChI=1S/C15H19NO5/c1-9(15(18)19)10(2)16-14(17)6-4-11-3-5-12-13(7-11)21-8-20-12/h3,5,7,9-10H,4,6,8H2,1-2H3,(H,16,17)(H,18,19). The lowest BCUT2D eigenvalue weighted by Crippen LogP contribution is -2.40. The Morgan fingerprint density at radius 3 is 2.71 bits per heavy atom. The highest BCUT2D eigenvalue weighted by Gasteiger charge is 2.21. The summed E-state index contributed by atoms with van der Waals surface area (Å²) in [4.78, 5) is 22.7. The first-order chi connectivity index (χ1) is 9.97. The average Bonchev–Trinajstić information content (AvgIpc) is 2.91. The van der Waals surface area contributed by atoms with Gasteiger partial charge in [0.25, 0.3) is 0 Å². The van der Waals surface area contributed by atoms with Crippen molar-refractivity contribution in [3.63, 3.8) is 0 Å². The maximum Gasteiger partial charge on any atom is 0.308 e. The first-order valence-corrected chi connectivity index (χ1v) is 6.88. The Hall–Kier alpha value is -2.24. The molecule has 1 amide bonds. The maximum absolute atomic E-state index is 11.8. The summed E-state index contributed by atoms with van der Waals surface area (Å²) in [5, 5.41) is 11.6. The molecule has 0 spiro atoms. The molecular formula is C15H19NO5. The molecule has 2 N–H and O–H groups in total. The van der Waals surface area contributed by atoms with E-state index >= 15 is 0 Å². The van der Waals surface area contributed by atoms with Gasteiger partial charge in [-0.05, 0) is 38.0 Å². The molecule has 1 aromatic carbocycles. The highest BCUT2D eigenvalue weighted by Crippen LogP contribution is 2.32. The molecule has 0 radical (unpaired) electrons. The summed E-state index contributed by atoms with van der Waals surface area (Å²) in [7, 11) is 0. The number of benzene rings is 1. The van der Waals surface area contributed by atoms with E-state index < -0.39 is 17.9 Å². The molecule has 1 heterocycles. The minimum atomic E-state index is -0.918. The number of amides is 1. The van der Waals surface area contributed by atoms with Crippen LogP contribution in [0.2, 0.25) is 0 Å². The van der Waals surface area contributed by atoms with Crippen molar-refractivity contribution in [3.8, 4) is 11.5 Å². The molecule has 2 rings (SSSR count). The number of rotatable bonds is 6. The number of hydrogen-bond donors (Lipinski definition) is 2. The van der Waals surface area contributed by atoms with Gasteiger partial charge >= 0.3 is 5.97 Å². The van der Waals surface area contributed by atoms with E-state index in [4.69, 9.17) is 14.6 Å². The maximum atomic E-state index is 11.8. The summed E-state index contributed by atoms with van der Waals surface area (Å²) in [6, 6.07) is 5.18. The largest absolute Gasteiger partial charge is 0.481 e. The van der Waals surface area contributed by atoms with Crippen LogP contribution in [0.25, 0.3) is 0 Å². The SMILES string of the molecule is CC(NC(=O)CCc1ccc2c(c1)OCO2)C(C)C(=O)O. The lowest BCUT2D eigenvalue weighted by atomic mass is 10.0. The van der Waals surface area contributed by atoms with Gasteiger partial charge in [-0.25, -0.2) is 0 Å². The summed E-state index contributed by atoms with van der Waals surface area (Å²) in [5.41, 5.74) is 0.980. The van der Waals surface area contributed by atoms with Crippen LogP contribution in [0.3, 0.4) is 0 Å². The third kappa shape index (κ3) is 3.87. The molecule has 1 aliphatic rings. The number of nitrogens with one attached hydrogen (secondary N) is 1. The number of carboxylic acids is 1. The van der Waals surface area contributed by atoms with Crippen LogP contribution in [0.4, 0.5) is 0 Å². The predicted molar refractivity (Wildman–Crippen MR) is 75.3 cm³/mol. The van der Waals surface area contributed by atoms with Crippen LogP contribution in [-0.2, 0) is 16.0 Å². The normalized spacial score (nSPS) is 15.3. The number of carbonyl (C=O) groups excluding carboxylic acids is 1. The average molecular weight is 293 g/mol. The second kappa shape index (κ2) is 6.47. The fourth-order valence-electron chi connectivity index (χ4n) is 2.02. The molecule has 1 aliphatic heterocycles. The Morgan fingerprint density at radius 1 is 1.29 bits per heavy atom. The summed E-state index contributed by atoms with van der Waals surface area (Å²) >= 11 is 0. The van der Waals surface area contributed by atoms with Gasteiger partial charge in [0.15, 0.2) is 11.5 Å². The van der Waals surface area contributed by atoms with Crippen molar-refractivity contribution in [1.29, 1.82) is 0 Å². The van der Waals surface area contributed by atoms with Crippen molar-refractivity contribution in [2.75, 3.05) is 6.79 Å². The van der Waals surface area contributed by atoms with Gasteiger partial charge in [0.05, 0.1) is 5.92 Å². The number of carboxylic acid groups (broad SMARTS) is 1. The molecule has 0 aromatic heterocycles.